The van der Waals surface area contributed by atoms with Gasteiger partial charge in [0, 0.05) is 16.9 Å². The molecule has 0 radical (unpaired) electrons. The monoisotopic (exact) mass is 299 g/mol. The summed E-state index contributed by atoms with van der Waals surface area (Å²) in [5, 5.41) is 12.1. The van der Waals surface area contributed by atoms with E-state index in [0.29, 0.717) is 12.3 Å². The van der Waals surface area contributed by atoms with Crippen LogP contribution in [0, 0.1) is 12.1 Å². The highest BCUT2D eigenvalue weighted by Gasteiger charge is 2.24. The molecule has 3 nitrogen and oxygen atoms in total. The Kier molecular flexibility index (Phi) is 3.88. The lowest BCUT2D eigenvalue weighted by Gasteiger charge is -2.18. The molecular weight excluding hydrogens is 282 g/mol. The van der Waals surface area contributed by atoms with Crippen molar-refractivity contribution in [3.63, 3.8) is 0 Å². The second-order valence-corrected chi connectivity index (χ2v) is 6.71. The molecule has 3 rings (SSSR count). The quantitative estimate of drug-likeness (QED) is 0.646. The van der Waals surface area contributed by atoms with Crippen LogP contribution in [0.3, 0.4) is 0 Å². The van der Waals surface area contributed by atoms with Gasteiger partial charge in [-0.3, -0.25) is 4.21 Å². The molecule has 21 heavy (non-hydrogen) atoms. The molecule has 1 unspecified atom stereocenters. The van der Waals surface area contributed by atoms with Crippen LogP contribution in [0.15, 0.2) is 53.4 Å². The average molecular weight is 299 g/mol. The summed E-state index contributed by atoms with van der Waals surface area (Å²) in [6.45, 7) is 2.44. The fourth-order valence-corrected chi connectivity index (χ4v) is 3.71. The van der Waals surface area contributed by atoms with Crippen LogP contribution < -0.4 is 0 Å². The number of rotatable bonds is 3. The topological polar surface area (TPSA) is 43.1 Å². The first-order valence-corrected chi connectivity index (χ1v) is 8.31. The molecule has 1 aliphatic rings. The van der Waals surface area contributed by atoms with Crippen molar-refractivity contribution in [2.24, 2.45) is 0 Å². The maximum Gasteiger partial charge on any atom is 0.207 e. The van der Waals surface area contributed by atoms with E-state index >= 15 is 0 Å². The SMILES string of the molecule is Cc1ccc(S(=O)CC2=[N+]([O-])CCc3ccccc32)cc1. The van der Waals surface area contributed by atoms with Crippen molar-refractivity contribution in [3.8, 4) is 0 Å². The van der Waals surface area contributed by atoms with Crippen molar-refractivity contribution >= 4 is 16.5 Å². The number of aryl methyl sites for hydroxylation is 1. The molecule has 0 spiro atoms. The third-order valence-electron chi connectivity index (χ3n) is 3.77. The summed E-state index contributed by atoms with van der Waals surface area (Å²) in [6, 6.07) is 15.5. The van der Waals surface area contributed by atoms with Crippen LogP contribution >= 0.6 is 0 Å². The molecule has 0 amide bonds. The van der Waals surface area contributed by atoms with Gasteiger partial charge in [0.25, 0.3) is 0 Å². The molecule has 0 aliphatic carbocycles. The second-order valence-electron chi connectivity index (χ2n) is 5.26. The molecule has 0 saturated carbocycles. The van der Waals surface area contributed by atoms with E-state index < -0.39 is 10.8 Å². The van der Waals surface area contributed by atoms with Gasteiger partial charge in [-0.05, 0) is 30.7 Å². The predicted molar refractivity (Wildman–Crippen MR) is 85.2 cm³/mol. The highest BCUT2D eigenvalue weighted by atomic mass is 32.2. The van der Waals surface area contributed by atoms with Crippen LogP contribution in [0.5, 0.6) is 0 Å². The van der Waals surface area contributed by atoms with Gasteiger partial charge in [-0.1, -0.05) is 35.9 Å². The molecule has 0 saturated heterocycles. The van der Waals surface area contributed by atoms with E-state index in [2.05, 4.69) is 0 Å². The van der Waals surface area contributed by atoms with E-state index in [1.54, 1.807) is 0 Å². The number of hydrogen-bond acceptors (Lipinski definition) is 2. The van der Waals surface area contributed by atoms with Crippen molar-refractivity contribution in [1.29, 1.82) is 0 Å². The van der Waals surface area contributed by atoms with Crippen molar-refractivity contribution in [1.82, 2.24) is 0 Å². The van der Waals surface area contributed by atoms with Crippen molar-refractivity contribution in [2.45, 2.75) is 18.2 Å². The van der Waals surface area contributed by atoms with Gasteiger partial charge in [-0.15, -0.1) is 0 Å². The van der Waals surface area contributed by atoms with Gasteiger partial charge in [0.15, 0.2) is 6.54 Å². The Bertz CT molecular complexity index is 720. The maximum atomic E-state index is 12.5. The standard InChI is InChI=1S/C17H17NO2S/c1-13-6-8-15(9-7-13)21(20)12-17-16-5-3-2-4-14(16)10-11-18(17)19/h2-9H,10-12H2,1H3. The van der Waals surface area contributed by atoms with E-state index in [1.807, 2.05) is 55.5 Å². The Balaban J connectivity index is 1.90. The van der Waals surface area contributed by atoms with Gasteiger partial charge in [0.1, 0.15) is 5.75 Å². The fourth-order valence-electron chi connectivity index (χ4n) is 2.56. The Morgan fingerprint density at radius 1 is 1.14 bits per heavy atom. The Hall–Kier alpha value is -1.94. The first-order chi connectivity index (χ1) is 10.1. The largest absolute Gasteiger partial charge is 0.624 e. The summed E-state index contributed by atoms with van der Waals surface area (Å²) in [5.41, 5.74) is 3.88. The summed E-state index contributed by atoms with van der Waals surface area (Å²) < 4.78 is 13.5. The number of nitrogens with zero attached hydrogens (tertiary/aromatic N) is 1. The average Bonchev–Trinajstić information content (AvgIpc) is 2.51. The van der Waals surface area contributed by atoms with Gasteiger partial charge in [0.2, 0.25) is 5.71 Å². The van der Waals surface area contributed by atoms with Crippen molar-refractivity contribution in [2.75, 3.05) is 12.3 Å². The van der Waals surface area contributed by atoms with Gasteiger partial charge >= 0.3 is 0 Å². The Morgan fingerprint density at radius 3 is 2.62 bits per heavy atom. The molecule has 108 valence electrons. The molecule has 1 aliphatic heterocycles. The van der Waals surface area contributed by atoms with Gasteiger partial charge in [-0.2, -0.15) is 0 Å². The van der Waals surface area contributed by atoms with E-state index in [4.69, 9.17) is 0 Å². The van der Waals surface area contributed by atoms with Crippen LogP contribution in [-0.2, 0) is 17.2 Å². The lowest BCUT2D eigenvalue weighted by atomic mass is 9.98. The van der Waals surface area contributed by atoms with Crippen LogP contribution in [0.25, 0.3) is 0 Å². The molecule has 0 bridgehead atoms. The molecule has 1 atom stereocenters. The summed E-state index contributed by atoms with van der Waals surface area (Å²) >= 11 is 0. The Morgan fingerprint density at radius 2 is 1.86 bits per heavy atom. The van der Waals surface area contributed by atoms with Crippen LogP contribution in [0.4, 0.5) is 0 Å². The lowest BCUT2D eigenvalue weighted by molar-refractivity contribution is -0.458. The first-order valence-electron chi connectivity index (χ1n) is 6.99. The molecule has 0 aromatic heterocycles. The summed E-state index contributed by atoms with van der Waals surface area (Å²) in [4.78, 5) is 0.768. The summed E-state index contributed by atoms with van der Waals surface area (Å²) in [7, 11) is -1.20. The van der Waals surface area contributed by atoms with E-state index in [9.17, 15) is 9.42 Å². The Labute approximate surface area is 127 Å². The van der Waals surface area contributed by atoms with Crippen LogP contribution in [0.1, 0.15) is 16.7 Å². The van der Waals surface area contributed by atoms with Gasteiger partial charge < -0.3 is 5.21 Å². The number of fused-ring (bicyclic) bond motifs is 1. The number of hydroxylamine groups is 1. The zero-order chi connectivity index (χ0) is 14.8. The zero-order valence-electron chi connectivity index (χ0n) is 11.9. The molecule has 1 heterocycles. The molecule has 2 aromatic carbocycles. The van der Waals surface area contributed by atoms with Crippen LogP contribution in [0.2, 0.25) is 0 Å². The third kappa shape index (κ3) is 2.90. The second kappa shape index (κ2) is 5.82. The predicted octanol–water partition coefficient (Wildman–Crippen LogP) is 2.66. The fraction of sp³-hybridized carbons (Fsp3) is 0.235. The highest BCUT2D eigenvalue weighted by Crippen LogP contribution is 2.18. The normalized spacial score (nSPS) is 15.7. The van der Waals surface area contributed by atoms with Gasteiger partial charge in [0.05, 0.1) is 10.8 Å². The van der Waals surface area contributed by atoms with Crippen molar-refractivity contribution < 1.29 is 8.95 Å². The summed E-state index contributed by atoms with van der Waals surface area (Å²) in [5.74, 6) is 0.267. The number of benzene rings is 2. The smallest absolute Gasteiger partial charge is 0.207 e. The molecule has 0 N–H and O–H groups in total. The third-order valence-corrected chi connectivity index (χ3v) is 5.10. The van der Waals surface area contributed by atoms with E-state index in [-0.39, 0.29) is 5.75 Å². The minimum absolute atomic E-state index is 0.267. The minimum Gasteiger partial charge on any atom is -0.624 e. The van der Waals surface area contributed by atoms with E-state index in [0.717, 1.165) is 27.2 Å². The van der Waals surface area contributed by atoms with Crippen LogP contribution in [-0.4, -0.2) is 27.0 Å². The van der Waals surface area contributed by atoms with Gasteiger partial charge in [-0.25, -0.2) is 4.74 Å². The van der Waals surface area contributed by atoms with Crippen molar-refractivity contribution in [3.05, 3.63) is 70.4 Å². The molecule has 0 fully saturated rings. The number of hydrogen-bond donors (Lipinski definition) is 0. The molecule has 4 heteroatoms. The molecular formula is C17H17NO2S. The minimum atomic E-state index is -1.20. The molecule has 2 aromatic rings. The summed E-state index contributed by atoms with van der Waals surface area (Å²) in [6.07, 6.45) is 0.750. The first kappa shape index (κ1) is 14.0. The lowest BCUT2D eigenvalue weighted by Crippen LogP contribution is -2.30. The highest BCUT2D eigenvalue weighted by molar-refractivity contribution is 7.85. The maximum absolute atomic E-state index is 12.5. The zero-order valence-corrected chi connectivity index (χ0v) is 12.7. The van der Waals surface area contributed by atoms with E-state index in [1.165, 1.54) is 5.56 Å².